The van der Waals surface area contributed by atoms with E-state index >= 15 is 0 Å². The highest BCUT2D eigenvalue weighted by molar-refractivity contribution is 7.89. The van der Waals surface area contributed by atoms with Crippen LogP contribution in [-0.2, 0) is 23.0 Å². The van der Waals surface area contributed by atoms with Gasteiger partial charge in [0.15, 0.2) is 5.03 Å². The molecule has 0 aliphatic rings. The lowest BCUT2D eigenvalue weighted by molar-refractivity contribution is 0.575. The number of nitrogens with zero attached hydrogens (tertiary/aromatic N) is 3. The third-order valence-electron chi connectivity index (χ3n) is 2.29. The predicted octanol–water partition coefficient (Wildman–Crippen LogP) is -1.49. The largest absolute Gasteiger partial charge is 0.326 e. The molecule has 2 aromatic heterocycles. The summed E-state index contributed by atoms with van der Waals surface area (Å²) >= 11 is 0. The summed E-state index contributed by atoms with van der Waals surface area (Å²) in [5.41, 5.74) is 5.87. The molecule has 0 atom stereocenters. The van der Waals surface area contributed by atoms with Gasteiger partial charge in [-0.1, -0.05) is 0 Å². The number of nitrogens with one attached hydrogen (secondary N) is 3. The van der Waals surface area contributed by atoms with Crippen LogP contribution in [0, 0.1) is 0 Å². The summed E-state index contributed by atoms with van der Waals surface area (Å²) < 4.78 is 26.3. The smallest absolute Gasteiger partial charge is 0.257 e. The summed E-state index contributed by atoms with van der Waals surface area (Å²) in [6.07, 6.45) is 3.18. The van der Waals surface area contributed by atoms with Gasteiger partial charge in [0, 0.05) is 25.1 Å². The number of hydrogen-bond acceptors (Lipinski definition) is 6. The third-order valence-corrected chi connectivity index (χ3v) is 3.76. The molecule has 0 saturated heterocycles. The number of aromatic amines is 2. The average molecular weight is 271 g/mol. The van der Waals surface area contributed by atoms with E-state index in [-0.39, 0.29) is 18.1 Å². The molecule has 0 amide bonds. The van der Waals surface area contributed by atoms with E-state index in [4.69, 9.17) is 5.73 Å². The molecule has 0 aliphatic heterocycles. The number of H-pyrrole nitrogens is 2. The molecule has 5 N–H and O–H groups in total. The molecule has 2 rings (SSSR count). The monoisotopic (exact) mass is 271 g/mol. The molecule has 98 valence electrons. The predicted molar refractivity (Wildman–Crippen MR) is 61.8 cm³/mol. The van der Waals surface area contributed by atoms with Gasteiger partial charge in [-0.2, -0.15) is 10.2 Å². The van der Waals surface area contributed by atoms with E-state index in [0.717, 1.165) is 0 Å². The standard InChI is InChI=1S/C8H13N7O2S/c9-3-6-4-11-15-8(6)18(16,17)13-2-1-7-10-5-12-14-7/h4-5,13H,1-3,9H2,(H,11,15)(H,10,12,14). The highest BCUT2D eigenvalue weighted by atomic mass is 32.2. The molecule has 0 aliphatic carbocycles. The Morgan fingerprint density at radius 1 is 1.33 bits per heavy atom. The molecule has 0 spiro atoms. The molecule has 0 unspecified atom stereocenters. The zero-order chi connectivity index (χ0) is 13.0. The zero-order valence-electron chi connectivity index (χ0n) is 9.42. The zero-order valence-corrected chi connectivity index (χ0v) is 10.2. The average Bonchev–Trinajstić information content (AvgIpc) is 2.99. The topological polar surface area (TPSA) is 142 Å². The first-order valence-electron chi connectivity index (χ1n) is 5.19. The van der Waals surface area contributed by atoms with E-state index in [0.29, 0.717) is 17.8 Å². The van der Waals surface area contributed by atoms with Crippen molar-refractivity contribution in [3.63, 3.8) is 0 Å². The van der Waals surface area contributed by atoms with Gasteiger partial charge in [-0.15, -0.1) is 0 Å². The number of hydrogen-bond donors (Lipinski definition) is 4. The van der Waals surface area contributed by atoms with Crippen LogP contribution in [-0.4, -0.2) is 40.3 Å². The van der Waals surface area contributed by atoms with E-state index in [2.05, 4.69) is 30.1 Å². The van der Waals surface area contributed by atoms with Crippen LogP contribution in [0.2, 0.25) is 0 Å². The van der Waals surface area contributed by atoms with Gasteiger partial charge < -0.3 is 5.73 Å². The van der Waals surface area contributed by atoms with Crippen molar-refractivity contribution in [2.24, 2.45) is 5.73 Å². The van der Waals surface area contributed by atoms with Crippen molar-refractivity contribution in [1.29, 1.82) is 0 Å². The second-order valence-corrected chi connectivity index (χ2v) is 5.21. The van der Waals surface area contributed by atoms with E-state index in [1.807, 2.05) is 0 Å². The molecule has 0 fully saturated rings. The molecule has 9 nitrogen and oxygen atoms in total. The summed E-state index contributed by atoms with van der Waals surface area (Å²) in [6, 6.07) is 0. The molecule has 0 aromatic carbocycles. The van der Waals surface area contributed by atoms with Crippen LogP contribution in [0.5, 0.6) is 0 Å². The van der Waals surface area contributed by atoms with Crippen LogP contribution >= 0.6 is 0 Å². The normalized spacial score (nSPS) is 11.8. The Bertz CT molecular complexity index is 589. The fraction of sp³-hybridized carbons (Fsp3) is 0.375. The molecule has 0 radical (unpaired) electrons. The Labute approximate surface area is 103 Å². The number of sulfonamides is 1. The lowest BCUT2D eigenvalue weighted by Gasteiger charge is -2.05. The minimum absolute atomic E-state index is 0.00238. The molecule has 2 aromatic rings. The van der Waals surface area contributed by atoms with Gasteiger partial charge in [0.1, 0.15) is 12.2 Å². The summed E-state index contributed by atoms with van der Waals surface area (Å²) in [4.78, 5) is 3.89. The van der Waals surface area contributed by atoms with E-state index < -0.39 is 10.0 Å². The maximum atomic E-state index is 11.9. The SMILES string of the molecule is NCc1cn[nH]c1S(=O)(=O)NCCc1ncn[nH]1. The van der Waals surface area contributed by atoms with Gasteiger partial charge in [-0.05, 0) is 0 Å². The van der Waals surface area contributed by atoms with E-state index in [1.165, 1.54) is 12.5 Å². The van der Waals surface area contributed by atoms with Crippen LogP contribution < -0.4 is 10.5 Å². The van der Waals surface area contributed by atoms with Crippen LogP contribution in [0.25, 0.3) is 0 Å². The van der Waals surface area contributed by atoms with Crippen molar-refractivity contribution in [1.82, 2.24) is 30.1 Å². The second kappa shape index (κ2) is 5.25. The first-order chi connectivity index (χ1) is 8.63. The maximum absolute atomic E-state index is 11.9. The van der Waals surface area contributed by atoms with E-state index in [9.17, 15) is 8.42 Å². The molecular formula is C8H13N7O2S. The van der Waals surface area contributed by atoms with Crippen molar-refractivity contribution in [3.05, 3.63) is 23.9 Å². The number of aromatic nitrogens is 5. The third kappa shape index (κ3) is 2.72. The quantitative estimate of drug-likeness (QED) is 0.504. The summed E-state index contributed by atoms with van der Waals surface area (Å²) in [7, 11) is -3.62. The van der Waals surface area contributed by atoms with Crippen LogP contribution in [0.1, 0.15) is 11.4 Å². The fourth-order valence-electron chi connectivity index (χ4n) is 1.40. The Morgan fingerprint density at radius 2 is 2.17 bits per heavy atom. The van der Waals surface area contributed by atoms with Gasteiger partial charge in [-0.25, -0.2) is 18.1 Å². The van der Waals surface area contributed by atoms with Gasteiger partial charge in [0.25, 0.3) is 10.0 Å². The molecule has 10 heteroatoms. The Balaban J connectivity index is 1.99. The van der Waals surface area contributed by atoms with E-state index in [1.54, 1.807) is 0 Å². The molecule has 2 heterocycles. The van der Waals surface area contributed by atoms with Gasteiger partial charge >= 0.3 is 0 Å². The molecule has 0 bridgehead atoms. The lowest BCUT2D eigenvalue weighted by Crippen LogP contribution is -2.27. The van der Waals surface area contributed by atoms with Crippen molar-refractivity contribution < 1.29 is 8.42 Å². The summed E-state index contributed by atoms with van der Waals surface area (Å²) in [5.74, 6) is 0.612. The highest BCUT2D eigenvalue weighted by Crippen LogP contribution is 2.10. The van der Waals surface area contributed by atoms with Crippen LogP contribution in [0.15, 0.2) is 17.6 Å². The first kappa shape index (κ1) is 12.7. The summed E-state index contributed by atoms with van der Waals surface area (Å²) in [5, 5.41) is 12.4. The lowest BCUT2D eigenvalue weighted by atomic mass is 10.4. The molecule has 0 saturated carbocycles. The van der Waals surface area contributed by atoms with Gasteiger partial charge in [0.2, 0.25) is 0 Å². The Hall–Kier alpha value is -1.78. The van der Waals surface area contributed by atoms with Crippen LogP contribution in [0.3, 0.4) is 0 Å². The first-order valence-corrected chi connectivity index (χ1v) is 6.68. The van der Waals surface area contributed by atoms with Crippen molar-refractivity contribution in [2.75, 3.05) is 6.54 Å². The Morgan fingerprint density at radius 3 is 2.83 bits per heavy atom. The number of nitrogens with two attached hydrogens (primary N) is 1. The molecule has 18 heavy (non-hydrogen) atoms. The second-order valence-electron chi connectivity index (χ2n) is 3.51. The van der Waals surface area contributed by atoms with Gasteiger partial charge in [-0.3, -0.25) is 10.2 Å². The minimum atomic E-state index is -3.62. The van der Waals surface area contributed by atoms with Crippen molar-refractivity contribution >= 4 is 10.0 Å². The maximum Gasteiger partial charge on any atom is 0.257 e. The van der Waals surface area contributed by atoms with Crippen molar-refractivity contribution in [2.45, 2.75) is 18.0 Å². The highest BCUT2D eigenvalue weighted by Gasteiger charge is 2.19. The van der Waals surface area contributed by atoms with Gasteiger partial charge in [0.05, 0.1) is 6.20 Å². The Kier molecular flexibility index (Phi) is 3.69. The minimum Gasteiger partial charge on any atom is -0.326 e. The van der Waals surface area contributed by atoms with Crippen LogP contribution in [0.4, 0.5) is 0 Å². The van der Waals surface area contributed by atoms with Crippen molar-refractivity contribution in [3.8, 4) is 0 Å². The summed E-state index contributed by atoms with van der Waals surface area (Å²) in [6.45, 7) is 0.315. The molecular weight excluding hydrogens is 258 g/mol. The fourth-order valence-corrected chi connectivity index (χ4v) is 2.57. The number of rotatable bonds is 6.